The van der Waals surface area contributed by atoms with Gasteiger partial charge in [0.15, 0.2) is 5.82 Å². The van der Waals surface area contributed by atoms with E-state index in [-0.39, 0.29) is 46.5 Å². The average molecular weight is 554 g/mol. The third-order valence-electron chi connectivity index (χ3n) is 7.44. The SMILES string of the molecule is C[C@@H]1CCCC[C@H](N2CCC(c3c(F)ccc(Cl)c3F)=CC2=O)c2cc(ccn2)-c2c(F)cccc2NC1=O. The van der Waals surface area contributed by atoms with E-state index in [1.54, 1.807) is 35.4 Å². The Labute approximate surface area is 229 Å². The highest BCUT2D eigenvalue weighted by atomic mass is 35.5. The minimum Gasteiger partial charge on any atom is -0.330 e. The standard InChI is InChI=1S/C30H27ClF3N3O2/c1-17-5-2-3-8-25(37-14-12-19(16-26(37)38)28-22(33)10-9-20(31)29(28)34)24-15-18(11-13-35-24)27-21(32)6-4-7-23(27)36-30(17)39/h4,6-7,9-11,13,15-17,25H,2-3,5,8,12,14H2,1H3,(H,36,39)/t17-,25+/m1/s1. The fourth-order valence-corrected chi connectivity index (χ4v) is 5.49. The summed E-state index contributed by atoms with van der Waals surface area (Å²) in [5.41, 5.74) is 1.67. The van der Waals surface area contributed by atoms with Gasteiger partial charge in [0.2, 0.25) is 11.8 Å². The third-order valence-corrected chi connectivity index (χ3v) is 7.73. The lowest BCUT2D eigenvalue weighted by Gasteiger charge is -2.34. The zero-order valence-corrected chi connectivity index (χ0v) is 22.1. The summed E-state index contributed by atoms with van der Waals surface area (Å²) < 4.78 is 44.3. The Balaban J connectivity index is 1.54. The smallest absolute Gasteiger partial charge is 0.247 e. The van der Waals surface area contributed by atoms with Crippen molar-refractivity contribution in [2.45, 2.75) is 45.1 Å². The maximum absolute atomic E-state index is 15.1. The van der Waals surface area contributed by atoms with Crippen LogP contribution in [0.5, 0.6) is 0 Å². The summed E-state index contributed by atoms with van der Waals surface area (Å²) in [5, 5.41) is 2.66. The van der Waals surface area contributed by atoms with Crippen molar-refractivity contribution in [1.29, 1.82) is 0 Å². The molecule has 0 saturated carbocycles. The molecule has 2 aliphatic heterocycles. The van der Waals surface area contributed by atoms with Gasteiger partial charge in [-0.2, -0.15) is 0 Å². The van der Waals surface area contributed by atoms with Crippen LogP contribution in [0.4, 0.5) is 18.9 Å². The molecule has 0 fully saturated rings. The molecule has 3 heterocycles. The van der Waals surface area contributed by atoms with Crippen LogP contribution in [-0.4, -0.2) is 28.2 Å². The van der Waals surface area contributed by atoms with Gasteiger partial charge in [-0.05, 0) is 66.8 Å². The van der Waals surface area contributed by atoms with Crippen molar-refractivity contribution in [2.75, 3.05) is 11.9 Å². The predicted octanol–water partition coefficient (Wildman–Crippen LogP) is 7.32. The molecule has 9 heteroatoms. The van der Waals surface area contributed by atoms with Gasteiger partial charge in [-0.3, -0.25) is 14.6 Å². The summed E-state index contributed by atoms with van der Waals surface area (Å²) in [7, 11) is 0. The van der Waals surface area contributed by atoms with Crippen LogP contribution < -0.4 is 5.32 Å². The van der Waals surface area contributed by atoms with Crippen LogP contribution in [-0.2, 0) is 9.59 Å². The van der Waals surface area contributed by atoms with Gasteiger partial charge in [-0.25, -0.2) is 13.2 Å². The van der Waals surface area contributed by atoms with E-state index in [4.69, 9.17) is 11.6 Å². The van der Waals surface area contributed by atoms with E-state index < -0.39 is 29.4 Å². The van der Waals surface area contributed by atoms with E-state index in [9.17, 15) is 18.4 Å². The number of hydrogen-bond acceptors (Lipinski definition) is 3. The summed E-state index contributed by atoms with van der Waals surface area (Å²) in [6.07, 6.45) is 5.68. The number of rotatable bonds is 2. The van der Waals surface area contributed by atoms with E-state index in [2.05, 4.69) is 10.3 Å². The fraction of sp³-hybridized carbons (Fsp3) is 0.300. The molecule has 2 aliphatic rings. The minimum atomic E-state index is -0.890. The first-order valence-corrected chi connectivity index (χ1v) is 13.3. The number of nitrogens with one attached hydrogen (secondary N) is 1. The Bertz CT molecular complexity index is 1480. The monoisotopic (exact) mass is 553 g/mol. The highest BCUT2D eigenvalue weighted by Gasteiger charge is 2.31. The van der Waals surface area contributed by atoms with Crippen molar-refractivity contribution in [3.8, 4) is 11.1 Å². The molecule has 1 N–H and O–H groups in total. The van der Waals surface area contributed by atoms with Crippen LogP contribution in [0.15, 0.2) is 54.7 Å². The van der Waals surface area contributed by atoms with Gasteiger partial charge in [0.05, 0.1) is 28.0 Å². The van der Waals surface area contributed by atoms with Gasteiger partial charge in [0.1, 0.15) is 11.6 Å². The number of hydrogen-bond donors (Lipinski definition) is 1. The molecule has 0 saturated heterocycles. The number of nitrogens with zero attached hydrogens (tertiary/aromatic N) is 2. The quantitative estimate of drug-likeness (QED) is 0.338. The maximum atomic E-state index is 15.1. The molecule has 3 aromatic rings. The van der Waals surface area contributed by atoms with E-state index in [1.807, 2.05) is 6.92 Å². The first kappa shape index (κ1) is 26.9. The van der Waals surface area contributed by atoms with Crippen LogP contribution in [0.25, 0.3) is 16.7 Å². The zero-order chi connectivity index (χ0) is 27.7. The van der Waals surface area contributed by atoms with Crippen LogP contribution >= 0.6 is 11.6 Å². The number of halogens is 4. The summed E-state index contributed by atoms with van der Waals surface area (Å²) in [5.74, 6) is -3.02. The van der Waals surface area contributed by atoms with Crippen LogP contribution in [0.2, 0.25) is 5.02 Å². The lowest BCUT2D eigenvalue weighted by Crippen LogP contribution is -2.38. The topological polar surface area (TPSA) is 62.3 Å². The number of pyridine rings is 1. The van der Waals surface area contributed by atoms with E-state index >= 15 is 4.39 Å². The molecule has 5 rings (SSSR count). The Morgan fingerprint density at radius 3 is 2.56 bits per heavy atom. The van der Waals surface area contributed by atoms with Crippen molar-refractivity contribution >= 4 is 34.7 Å². The molecule has 1 aromatic heterocycles. The van der Waals surface area contributed by atoms with Crippen LogP contribution in [0.3, 0.4) is 0 Å². The number of anilines is 1. The molecule has 2 aromatic carbocycles. The second-order valence-electron chi connectivity index (χ2n) is 9.99. The molecule has 2 bridgehead atoms. The predicted molar refractivity (Wildman–Crippen MR) is 144 cm³/mol. The van der Waals surface area contributed by atoms with Crippen molar-refractivity contribution in [2.24, 2.45) is 5.92 Å². The second-order valence-corrected chi connectivity index (χ2v) is 10.4. The van der Waals surface area contributed by atoms with Gasteiger partial charge in [-0.1, -0.05) is 37.4 Å². The molecule has 5 nitrogen and oxygen atoms in total. The lowest BCUT2D eigenvalue weighted by atomic mass is 9.94. The van der Waals surface area contributed by atoms with Gasteiger partial charge in [-0.15, -0.1) is 0 Å². The molecular weight excluding hydrogens is 527 g/mol. The Morgan fingerprint density at radius 1 is 1.00 bits per heavy atom. The number of carbonyl (C=O) groups is 2. The first-order chi connectivity index (χ1) is 18.7. The first-order valence-electron chi connectivity index (χ1n) is 13.0. The van der Waals surface area contributed by atoms with Gasteiger partial charge < -0.3 is 10.2 Å². The number of amides is 2. The molecule has 2 atom stereocenters. The van der Waals surface area contributed by atoms with E-state index in [1.165, 1.54) is 12.1 Å². The van der Waals surface area contributed by atoms with Crippen molar-refractivity contribution in [3.63, 3.8) is 0 Å². The number of benzene rings is 2. The van der Waals surface area contributed by atoms with Gasteiger partial charge >= 0.3 is 0 Å². The molecular formula is C30H27ClF3N3O2. The normalized spacial score (nSPS) is 20.2. The van der Waals surface area contributed by atoms with Crippen molar-refractivity contribution < 1.29 is 22.8 Å². The number of aromatic nitrogens is 1. The molecule has 2 amide bonds. The van der Waals surface area contributed by atoms with Gasteiger partial charge in [0.25, 0.3) is 0 Å². The highest BCUT2D eigenvalue weighted by molar-refractivity contribution is 6.31. The summed E-state index contributed by atoms with van der Waals surface area (Å²) >= 11 is 5.87. The molecule has 0 radical (unpaired) electrons. The summed E-state index contributed by atoms with van der Waals surface area (Å²) in [6, 6.07) is 9.73. The largest absolute Gasteiger partial charge is 0.330 e. The van der Waals surface area contributed by atoms with Crippen LogP contribution in [0, 0.1) is 23.4 Å². The van der Waals surface area contributed by atoms with Crippen LogP contribution in [0.1, 0.15) is 56.3 Å². The lowest BCUT2D eigenvalue weighted by molar-refractivity contribution is -0.129. The molecule has 0 aliphatic carbocycles. The molecule has 0 spiro atoms. The summed E-state index contributed by atoms with van der Waals surface area (Å²) in [4.78, 5) is 32.4. The second kappa shape index (κ2) is 11.2. The van der Waals surface area contributed by atoms with Crippen molar-refractivity contribution in [1.82, 2.24) is 9.88 Å². The summed E-state index contributed by atoms with van der Waals surface area (Å²) in [6.45, 7) is 2.05. The fourth-order valence-electron chi connectivity index (χ4n) is 5.33. The van der Waals surface area contributed by atoms with E-state index in [0.29, 0.717) is 36.2 Å². The highest BCUT2D eigenvalue weighted by Crippen LogP contribution is 2.37. The minimum absolute atomic E-state index is 0.184. The van der Waals surface area contributed by atoms with Gasteiger partial charge in [0, 0.05) is 30.3 Å². The van der Waals surface area contributed by atoms with E-state index in [0.717, 1.165) is 18.6 Å². The molecule has 202 valence electrons. The Morgan fingerprint density at radius 2 is 1.77 bits per heavy atom. The number of fused-ring (bicyclic) bond motifs is 4. The average Bonchev–Trinajstić information content (AvgIpc) is 2.91. The van der Waals surface area contributed by atoms with Crippen molar-refractivity contribution in [3.05, 3.63) is 88.5 Å². The Hall–Kier alpha value is -3.65. The molecule has 39 heavy (non-hydrogen) atoms. The maximum Gasteiger partial charge on any atom is 0.247 e. The number of carbonyl (C=O) groups excluding carboxylic acids is 2. The third kappa shape index (κ3) is 5.43. The zero-order valence-electron chi connectivity index (χ0n) is 21.3. The Kier molecular flexibility index (Phi) is 7.75. The molecule has 0 unspecified atom stereocenters.